The fraction of sp³-hybridized carbons (Fsp3) is 0.429. The second-order valence-electron chi connectivity index (χ2n) is 7.51. The Bertz CT molecular complexity index is 952. The van der Waals surface area contributed by atoms with Gasteiger partial charge in [-0.15, -0.1) is 0 Å². The first kappa shape index (κ1) is 18.8. The van der Waals surface area contributed by atoms with Crippen LogP contribution < -0.4 is 5.56 Å². The number of alkyl halides is 3. The monoisotopic (exact) mass is 390 g/mol. The van der Waals surface area contributed by atoms with Gasteiger partial charge in [0, 0.05) is 12.2 Å². The number of likely N-dealkylation sites (tertiary alicyclic amines) is 1. The molecule has 1 aromatic carbocycles. The van der Waals surface area contributed by atoms with Gasteiger partial charge in [0.05, 0.1) is 0 Å². The van der Waals surface area contributed by atoms with Crippen LogP contribution in [0.5, 0.6) is 0 Å². The maximum absolute atomic E-state index is 14.3. The molecule has 1 fully saturated rings. The van der Waals surface area contributed by atoms with Crippen molar-refractivity contribution < 1.29 is 18.0 Å². The van der Waals surface area contributed by atoms with E-state index in [1.807, 2.05) is 0 Å². The van der Waals surface area contributed by atoms with Gasteiger partial charge >= 0.3 is 6.18 Å². The molecular weight excluding hydrogens is 369 g/mol. The summed E-state index contributed by atoms with van der Waals surface area (Å²) in [6.45, 7) is -0.0379. The number of carbonyl (C=O) groups is 1. The molecule has 1 N–H and O–H groups in total. The van der Waals surface area contributed by atoms with Crippen LogP contribution in [-0.4, -0.2) is 28.5 Å². The molecule has 2 aromatic rings. The van der Waals surface area contributed by atoms with E-state index in [4.69, 9.17) is 0 Å². The number of aromatic amines is 1. The number of aryl methyl sites for hydroxylation is 2. The molecule has 0 radical (unpaired) electrons. The third kappa shape index (κ3) is 2.84. The van der Waals surface area contributed by atoms with Crippen LogP contribution in [0.2, 0.25) is 0 Å². The first-order valence-electron chi connectivity index (χ1n) is 9.54. The van der Waals surface area contributed by atoms with Crippen molar-refractivity contribution in [3.63, 3.8) is 0 Å². The highest BCUT2D eigenvalue weighted by atomic mass is 19.4. The Morgan fingerprint density at radius 3 is 2.50 bits per heavy atom. The van der Waals surface area contributed by atoms with Crippen molar-refractivity contribution in [3.8, 4) is 0 Å². The van der Waals surface area contributed by atoms with Crippen LogP contribution in [0, 0.1) is 0 Å². The van der Waals surface area contributed by atoms with Gasteiger partial charge < -0.3 is 9.88 Å². The van der Waals surface area contributed by atoms with Crippen LogP contribution in [0.4, 0.5) is 13.2 Å². The molecule has 148 valence electrons. The van der Waals surface area contributed by atoms with Crippen LogP contribution in [0.25, 0.3) is 0 Å². The van der Waals surface area contributed by atoms with Gasteiger partial charge in [0.15, 0.2) is 5.54 Å². The van der Waals surface area contributed by atoms with Gasteiger partial charge in [0.25, 0.3) is 11.5 Å². The van der Waals surface area contributed by atoms with Gasteiger partial charge in [-0.3, -0.25) is 9.59 Å². The predicted molar refractivity (Wildman–Crippen MR) is 98.2 cm³/mol. The van der Waals surface area contributed by atoms with E-state index in [1.165, 1.54) is 30.3 Å². The van der Waals surface area contributed by atoms with E-state index in [9.17, 15) is 22.8 Å². The van der Waals surface area contributed by atoms with E-state index >= 15 is 0 Å². The molecule has 1 aliphatic heterocycles. The van der Waals surface area contributed by atoms with E-state index in [1.54, 1.807) is 6.07 Å². The minimum atomic E-state index is -4.65. The van der Waals surface area contributed by atoms with E-state index in [0.29, 0.717) is 0 Å². The molecule has 4 nitrogen and oxygen atoms in total. The third-order valence-corrected chi connectivity index (χ3v) is 5.92. The summed E-state index contributed by atoms with van der Waals surface area (Å²) >= 11 is 0. The van der Waals surface area contributed by atoms with E-state index in [2.05, 4.69) is 4.98 Å². The summed E-state index contributed by atoms with van der Waals surface area (Å²) in [5.41, 5.74) is -1.55. The zero-order valence-electron chi connectivity index (χ0n) is 15.3. The number of H-pyrrole nitrogens is 1. The van der Waals surface area contributed by atoms with Gasteiger partial charge in [-0.25, -0.2) is 0 Å². The summed E-state index contributed by atoms with van der Waals surface area (Å²) in [6.07, 6.45) is -1.31. The molecule has 7 heteroatoms. The number of fused-ring (bicyclic) bond motifs is 1. The standard InChI is InChI=1S/C21H21F3N2O2/c22-21(23,24)20(15-8-2-1-3-9-15)11-6-12-26(20)19(28)16-13-14-7-4-5-10-17(14)25-18(16)27/h1-3,8-9,13H,4-7,10-12H2,(H,25,27). The third-order valence-electron chi connectivity index (χ3n) is 5.92. The van der Waals surface area contributed by atoms with E-state index < -0.39 is 23.2 Å². The van der Waals surface area contributed by atoms with Crippen molar-refractivity contribution in [2.45, 2.75) is 50.2 Å². The largest absolute Gasteiger partial charge is 0.415 e. The fourth-order valence-electron chi connectivity index (χ4n) is 4.55. The number of aromatic nitrogens is 1. The number of rotatable bonds is 2. The van der Waals surface area contributed by atoms with Crippen molar-refractivity contribution in [1.82, 2.24) is 9.88 Å². The van der Waals surface area contributed by atoms with Gasteiger partial charge in [-0.2, -0.15) is 13.2 Å². The van der Waals surface area contributed by atoms with Crippen molar-refractivity contribution in [1.29, 1.82) is 0 Å². The highest BCUT2D eigenvalue weighted by Crippen LogP contribution is 2.51. The predicted octanol–water partition coefficient (Wildman–Crippen LogP) is 3.95. The molecule has 1 aromatic heterocycles. The van der Waals surface area contributed by atoms with Crippen LogP contribution in [0.15, 0.2) is 41.2 Å². The number of benzene rings is 1. The van der Waals surface area contributed by atoms with Crippen LogP contribution in [0.3, 0.4) is 0 Å². The molecule has 1 unspecified atom stereocenters. The fourth-order valence-corrected chi connectivity index (χ4v) is 4.55. The molecule has 1 amide bonds. The summed E-state index contributed by atoms with van der Waals surface area (Å²) in [5.74, 6) is -0.853. The summed E-state index contributed by atoms with van der Waals surface area (Å²) in [6, 6.07) is 9.01. The van der Waals surface area contributed by atoms with Crippen molar-refractivity contribution in [2.75, 3.05) is 6.54 Å². The Balaban J connectivity index is 1.81. The number of carbonyl (C=O) groups excluding carboxylic acids is 1. The Morgan fingerprint density at radius 2 is 1.79 bits per heavy atom. The van der Waals surface area contributed by atoms with Gasteiger partial charge in [0.2, 0.25) is 0 Å². The average Bonchev–Trinajstić information content (AvgIpc) is 3.14. The second kappa shape index (κ2) is 6.79. The topological polar surface area (TPSA) is 53.2 Å². The number of nitrogens with zero attached hydrogens (tertiary/aromatic N) is 1. The Labute approximate surface area is 160 Å². The van der Waals surface area contributed by atoms with Crippen molar-refractivity contribution in [3.05, 3.63) is 69.1 Å². The maximum Gasteiger partial charge on any atom is 0.415 e. The van der Waals surface area contributed by atoms with Gasteiger partial charge in [-0.05, 0) is 55.7 Å². The summed E-state index contributed by atoms with van der Waals surface area (Å²) < 4.78 is 43.0. The molecule has 28 heavy (non-hydrogen) atoms. The number of halogens is 3. The summed E-state index contributed by atoms with van der Waals surface area (Å²) in [7, 11) is 0. The molecule has 2 heterocycles. The first-order chi connectivity index (χ1) is 13.3. The average molecular weight is 390 g/mol. The minimum absolute atomic E-state index is 0.0303. The Morgan fingerprint density at radius 1 is 1.07 bits per heavy atom. The minimum Gasteiger partial charge on any atom is -0.325 e. The summed E-state index contributed by atoms with van der Waals surface area (Å²) in [4.78, 5) is 29.3. The lowest BCUT2D eigenvalue weighted by Gasteiger charge is -2.40. The second-order valence-corrected chi connectivity index (χ2v) is 7.51. The number of nitrogens with one attached hydrogen (secondary N) is 1. The Hall–Kier alpha value is -2.57. The molecular formula is C21H21F3N2O2. The molecule has 1 saturated heterocycles. The van der Waals surface area contributed by atoms with Crippen LogP contribution >= 0.6 is 0 Å². The SMILES string of the molecule is O=C(c1cc2c([nH]c1=O)CCCC2)N1CCCC1(c1ccccc1)C(F)(F)F. The molecule has 2 aliphatic rings. The highest BCUT2D eigenvalue weighted by molar-refractivity contribution is 5.95. The summed E-state index contributed by atoms with van der Waals surface area (Å²) in [5, 5.41) is 0. The quantitative estimate of drug-likeness (QED) is 0.844. The molecule has 1 atom stereocenters. The number of hydrogen-bond acceptors (Lipinski definition) is 2. The number of hydrogen-bond donors (Lipinski definition) is 1. The Kier molecular flexibility index (Phi) is 4.56. The molecule has 4 rings (SSSR count). The number of pyridine rings is 1. The zero-order chi connectivity index (χ0) is 19.9. The first-order valence-corrected chi connectivity index (χ1v) is 9.54. The zero-order valence-corrected chi connectivity index (χ0v) is 15.3. The lowest BCUT2D eigenvalue weighted by atomic mass is 9.86. The van der Waals surface area contributed by atoms with Crippen LogP contribution in [0.1, 0.15) is 52.9 Å². The smallest absolute Gasteiger partial charge is 0.325 e. The van der Waals surface area contributed by atoms with Gasteiger partial charge in [0.1, 0.15) is 5.56 Å². The van der Waals surface area contributed by atoms with Crippen LogP contribution in [-0.2, 0) is 18.4 Å². The molecule has 0 bridgehead atoms. The molecule has 0 saturated carbocycles. The lowest BCUT2D eigenvalue weighted by Crippen LogP contribution is -2.55. The van der Waals surface area contributed by atoms with Crippen molar-refractivity contribution >= 4 is 5.91 Å². The molecule has 1 aliphatic carbocycles. The maximum atomic E-state index is 14.3. The normalized spacial score (nSPS) is 22.2. The van der Waals surface area contributed by atoms with E-state index in [-0.39, 0.29) is 30.5 Å². The highest BCUT2D eigenvalue weighted by Gasteiger charge is 2.63. The lowest BCUT2D eigenvalue weighted by molar-refractivity contribution is -0.220. The van der Waals surface area contributed by atoms with Gasteiger partial charge in [-0.1, -0.05) is 30.3 Å². The molecule has 0 spiro atoms. The number of amides is 1. The van der Waals surface area contributed by atoms with E-state index in [0.717, 1.165) is 41.8 Å². The van der Waals surface area contributed by atoms with Crippen molar-refractivity contribution in [2.24, 2.45) is 0 Å².